The van der Waals surface area contributed by atoms with Crippen LogP contribution in [-0.4, -0.2) is 26.6 Å². The topological polar surface area (TPSA) is 63.2 Å². The van der Waals surface area contributed by atoms with Crippen molar-refractivity contribution in [3.05, 3.63) is 42.0 Å². The van der Waals surface area contributed by atoms with Gasteiger partial charge in [-0.25, -0.2) is 8.42 Å². The predicted molar refractivity (Wildman–Crippen MR) is 127 cm³/mol. The fraction of sp³-hybridized carbons (Fsp3) is 0.667. The normalized spacial score (nSPS) is 41.9. The summed E-state index contributed by atoms with van der Waals surface area (Å²) in [6.07, 6.45) is 12.6. The molecule has 3 fully saturated rings. The number of rotatable bonds is 3. The van der Waals surface area contributed by atoms with Gasteiger partial charge in [0.2, 0.25) is 5.91 Å². The summed E-state index contributed by atoms with van der Waals surface area (Å²) in [5.41, 5.74) is 1.68. The van der Waals surface area contributed by atoms with Gasteiger partial charge in [-0.2, -0.15) is 0 Å². The van der Waals surface area contributed by atoms with E-state index in [-0.39, 0.29) is 17.4 Å². The fourth-order valence-corrected chi connectivity index (χ4v) is 9.08. The molecule has 0 bridgehead atoms. The monoisotopic (exact) mass is 455 g/mol. The van der Waals surface area contributed by atoms with E-state index >= 15 is 0 Å². The second kappa shape index (κ2) is 7.44. The van der Waals surface area contributed by atoms with Crippen LogP contribution in [0.1, 0.15) is 70.8 Å². The average Bonchev–Trinajstić information content (AvgIpc) is 3.10. The zero-order valence-electron chi connectivity index (χ0n) is 19.8. The number of hydrogen-bond donors (Lipinski definition) is 1. The molecule has 4 aliphatic rings. The maximum Gasteiger partial charge on any atom is 0.243 e. The first kappa shape index (κ1) is 22.2. The van der Waals surface area contributed by atoms with Crippen molar-refractivity contribution in [3.8, 4) is 0 Å². The lowest BCUT2D eigenvalue weighted by Gasteiger charge is -2.59. The van der Waals surface area contributed by atoms with Crippen LogP contribution in [0.25, 0.3) is 0 Å². The Morgan fingerprint density at radius 1 is 1.00 bits per heavy atom. The third kappa shape index (κ3) is 3.29. The molecule has 8 atom stereocenters. The molecule has 1 aliphatic heterocycles. The van der Waals surface area contributed by atoms with Gasteiger partial charge in [0.25, 0.3) is 0 Å². The van der Waals surface area contributed by atoms with Crippen LogP contribution in [0.3, 0.4) is 0 Å². The molecule has 3 saturated carbocycles. The number of hydrogen-bond acceptors (Lipinski definition) is 3. The van der Waals surface area contributed by atoms with E-state index in [9.17, 15) is 13.2 Å². The van der Waals surface area contributed by atoms with E-state index in [1.54, 1.807) is 18.2 Å². The Labute approximate surface area is 193 Å². The second-order valence-corrected chi connectivity index (χ2v) is 13.6. The molecule has 1 aromatic rings. The van der Waals surface area contributed by atoms with E-state index in [0.717, 1.165) is 18.3 Å². The van der Waals surface area contributed by atoms with Crippen molar-refractivity contribution < 1.29 is 13.2 Å². The standard InChI is InChI=1S/C27H37NO3S/c1-17(18-5-7-19(8-6-18)32(4,30)31)21-10-11-22-20-9-12-24-27(3,16-14-25(29)28-24)23(20)13-15-26(21,22)2/h5-8,14,16-17,20-24H,9-13,15H2,1-4H3,(H,28,29)/t17?,20-,21+,22-,23-,24?,26+,27+/m0/s1. The molecule has 0 saturated heterocycles. The highest BCUT2D eigenvalue weighted by Crippen LogP contribution is 2.66. The van der Waals surface area contributed by atoms with Gasteiger partial charge in [-0.1, -0.05) is 39.0 Å². The van der Waals surface area contributed by atoms with Gasteiger partial charge >= 0.3 is 0 Å². The Bertz CT molecular complexity index is 1050. The molecule has 0 aromatic heterocycles. The van der Waals surface area contributed by atoms with Gasteiger partial charge in [0.15, 0.2) is 9.84 Å². The molecular weight excluding hydrogens is 418 g/mol. The largest absolute Gasteiger partial charge is 0.349 e. The zero-order valence-corrected chi connectivity index (χ0v) is 20.6. The van der Waals surface area contributed by atoms with E-state index in [2.05, 4.69) is 32.2 Å². The predicted octanol–water partition coefficient (Wildman–Crippen LogP) is 5.11. The maximum absolute atomic E-state index is 12.0. The first-order valence-corrected chi connectivity index (χ1v) is 14.2. The van der Waals surface area contributed by atoms with Crippen LogP contribution in [0.4, 0.5) is 0 Å². The van der Waals surface area contributed by atoms with Gasteiger partial charge in [-0.05, 0) is 97.3 Å². The van der Waals surface area contributed by atoms with Crippen molar-refractivity contribution in [2.24, 2.45) is 34.5 Å². The maximum atomic E-state index is 12.0. The molecule has 1 heterocycles. The van der Waals surface area contributed by atoms with E-state index < -0.39 is 9.84 Å². The third-order valence-electron chi connectivity index (χ3n) is 10.2. The molecule has 1 aromatic carbocycles. The second-order valence-electron chi connectivity index (χ2n) is 11.6. The number of sulfone groups is 1. The van der Waals surface area contributed by atoms with Gasteiger partial charge in [-0.15, -0.1) is 0 Å². The minimum Gasteiger partial charge on any atom is -0.349 e. The minimum absolute atomic E-state index is 0.0724. The van der Waals surface area contributed by atoms with Crippen LogP contribution < -0.4 is 5.32 Å². The molecule has 1 amide bonds. The Hall–Kier alpha value is -1.62. The average molecular weight is 456 g/mol. The SMILES string of the molecule is CC(c1ccc(S(C)(=O)=O)cc1)[C@H]1CC[C@H]2[C@@H]3CCC4NC(=O)C=C[C@]4(C)[C@H]3CC[C@]12C. The summed E-state index contributed by atoms with van der Waals surface area (Å²) in [6, 6.07) is 7.91. The van der Waals surface area contributed by atoms with E-state index in [0.29, 0.717) is 28.1 Å². The van der Waals surface area contributed by atoms with Crippen molar-refractivity contribution in [3.63, 3.8) is 0 Å². The molecular formula is C27H37NO3S. The van der Waals surface area contributed by atoms with Gasteiger partial charge in [-0.3, -0.25) is 4.79 Å². The molecule has 3 aliphatic carbocycles. The van der Waals surface area contributed by atoms with E-state index in [1.165, 1.54) is 43.9 Å². The highest BCUT2D eigenvalue weighted by Gasteiger charge is 2.60. The fourth-order valence-electron chi connectivity index (χ4n) is 8.45. The number of carbonyl (C=O) groups excluding carboxylic acids is 1. The van der Waals surface area contributed by atoms with Gasteiger partial charge in [0, 0.05) is 17.7 Å². The Morgan fingerprint density at radius 3 is 2.41 bits per heavy atom. The number of fused-ring (bicyclic) bond motifs is 5. The number of nitrogens with one attached hydrogen (secondary N) is 1. The summed E-state index contributed by atoms with van der Waals surface area (Å²) in [5.74, 6) is 3.26. The van der Waals surface area contributed by atoms with Crippen LogP contribution in [0, 0.1) is 34.5 Å². The summed E-state index contributed by atoms with van der Waals surface area (Å²) in [4.78, 5) is 12.4. The quantitative estimate of drug-likeness (QED) is 0.689. The van der Waals surface area contributed by atoms with Gasteiger partial charge < -0.3 is 5.32 Å². The molecule has 5 heteroatoms. The van der Waals surface area contributed by atoms with Crippen molar-refractivity contribution in [2.75, 3.05) is 6.26 Å². The Morgan fingerprint density at radius 2 is 1.72 bits per heavy atom. The Balaban J connectivity index is 1.39. The molecule has 32 heavy (non-hydrogen) atoms. The number of amides is 1. The van der Waals surface area contributed by atoms with Crippen molar-refractivity contribution in [1.82, 2.24) is 5.32 Å². The third-order valence-corrected chi connectivity index (χ3v) is 11.3. The molecule has 0 radical (unpaired) electrons. The Kier molecular flexibility index (Phi) is 5.16. The van der Waals surface area contributed by atoms with Crippen LogP contribution in [0.15, 0.2) is 41.3 Å². The van der Waals surface area contributed by atoms with Crippen molar-refractivity contribution in [1.29, 1.82) is 0 Å². The summed E-state index contributed by atoms with van der Waals surface area (Å²) in [6.45, 7) is 7.27. The highest BCUT2D eigenvalue weighted by atomic mass is 32.2. The van der Waals surface area contributed by atoms with Crippen LogP contribution >= 0.6 is 0 Å². The smallest absolute Gasteiger partial charge is 0.243 e. The minimum atomic E-state index is -3.16. The molecule has 5 rings (SSSR count). The number of benzene rings is 1. The van der Waals surface area contributed by atoms with Crippen LogP contribution in [-0.2, 0) is 14.6 Å². The van der Waals surface area contributed by atoms with Crippen molar-refractivity contribution in [2.45, 2.75) is 76.2 Å². The summed E-state index contributed by atoms with van der Waals surface area (Å²) in [7, 11) is -3.16. The lowest BCUT2D eigenvalue weighted by molar-refractivity contribution is -0.122. The summed E-state index contributed by atoms with van der Waals surface area (Å²) >= 11 is 0. The zero-order chi connectivity index (χ0) is 22.9. The van der Waals surface area contributed by atoms with E-state index in [1.807, 2.05) is 12.1 Å². The molecule has 2 unspecified atom stereocenters. The van der Waals surface area contributed by atoms with Crippen LogP contribution in [0.5, 0.6) is 0 Å². The van der Waals surface area contributed by atoms with Crippen molar-refractivity contribution >= 4 is 15.7 Å². The number of carbonyl (C=O) groups is 1. The molecule has 0 spiro atoms. The van der Waals surface area contributed by atoms with Gasteiger partial charge in [0.05, 0.1) is 4.90 Å². The highest BCUT2D eigenvalue weighted by molar-refractivity contribution is 7.90. The lowest BCUT2D eigenvalue weighted by Crippen LogP contribution is -2.59. The first-order valence-electron chi connectivity index (χ1n) is 12.3. The first-order chi connectivity index (χ1) is 15.0. The lowest BCUT2D eigenvalue weighted by atomic mass is 9.47. The van der Waals surface area contributed by atoms with Crippen LogP contribution in [0.2, 0.25) is 0 Å². The molecule has 4 nitrogen and oxygen atoms in total. The molecule has 1 N–H and O–H groups in total. The summed E-state index contributed by atoms with van der Waals surface area (Å²) < 4.78 is 23.7. The van der Waals surface area contributed by atoms with Gasteiger partial charge in [0.1, 0.15) is 0 Å². The summed E-state index contributed by atoms with van der Waals surface area (Å²) in [5, 5.41) is 3.26. The molecule has 174 valence electrons. The van der Waals surface area contributed by atoms with E-state index in [4.69, 9.17) is 0 Å².